The third-order valence-corrected chi connectivity index (χ3v) is 5.84. The predicted octanol–water partition coefficient (Wildman–Crippen LogP) is 2.26. The largest absolute Gasteiger partial charge is 0.348 e. The number of aromatic nitrogens is 2. The van der Waals surface area contributed by atoms with Crippen LogP contribution in [0.5, 0.6) is 0 Å². The first-order valence-electron chi connectivity index (χ1n) is 8.88. The van der Waals surface area contributed by atoms with Gasteiger partial charge in [-0.3, -0.25) is 9.59 Å². The van der Waals surface area contributed by atoms with Crippen molar-refractivity contribution in [1.82, 2.24) is 20.2 Å². The molecule has 0 aliphatic carbocycles. The number of nitrogens with zero attached hydrogens (tertiary/aromatic N) is 1. The third kappa shape index (κ3) is 3.66. The molecule has 4 rings (SSSR count). The maximum absolute atomic E-state index is 12.7. The van der Waals surface area contributed by atoms with Gasteiger partial charge in [0.1, 0.15) is 0 Å². The summed E-state index contributed by atoms with van der Waals surface area (Å²) in [7, 11) is 0. The number of H-pyrrole nitrogens is 2. The molecule has 0 radical (unpaired) electrons. The summed E-state index contributed by atoms with van der Waals surface area (Å²) in [6.07, 6.45) is 1.45. The molecule has 0 bridgehead atoms. The first-order valence-corrected chi connectivity index (χ1v) is 9.70. The first-order chi connectivity index (χ1) is 13.0. The molecule has 8 heteroatoms. The van der Waals surface area contributed by atoms with Crippen LogP contribution in [0.25, 0.3) is 11.0 Å². The highest BCUT2D eigenvalue weighted by molar-refractivity contribution is 7.13. The summed E-state index contributed by atoms with van der Waals surface area (Å²) < 4.78 is 0. The van der Waals surface area contributed by atoms with E-state index < -0.39 is 0 Å². The Balaban J connectivity index is 1.37. The number of likely N-dealkylation sites (tertiary alicyclic amines) is 1. The molecule has 140 valence electrons. The Morgan fingerprint density at radius 3 is 2.56 bits per heavy atom. The van der Waals surface area contributed by atoms with Crippen molar-refractivity contribution in [2.45, 2.75) is 25.8 Å². The van der Waals surface area contributed by atoms with E-state index in [-0.39, 0.29) is 23.5 Å². The number of benzene rings is 1. The smallest absolute Gasteiger partial charge is 0.323 e. The van der Waals surface area contributed by atoms with Gasteiger partial charge in [-0.2, -0.15) is 0 Å². The number of thiophene rings is 1. The first kappa shape index (κ1) is 17.5. The summed E-state index contributed by atoms with van der Waals surface area (Å²) in [5.41, 5.74) is 1.57. The Morgan fingerprint density at radius 1 is 1.11 bits per heavy atom. The number of hydrogen-bond donors (Lipinski definition) is 3. The van der Waals surface area contributed by atoms with Crippen molar-refractivity contribution in [3.05, 3.63) is 56.1 Å². The predicted molar refractivity (Wildman–Crippen MR) is 104 cm³/mol. The summed E-state index contributed by atoms with van der Waals surface area (Å²) in [5, 5.41) is 3.06. The molecule has 1 aromatic carbocycles. The highest BCUT2D eigenvalue weighted by atomic mass is 32.1. The Kier molecular flexibility index (Phi) is 4.57. The molecule has 1 saturated heterocycles. The standard InChI is InChI=1S/C19H20N4O3S/c1-11-2-5-16(27-11)17(24)20-13-6-8-23(9-7-13)18(25)12-3-4-14-15(10-12)22-19(26)21-14/h2-5,10,13H,6-9H2,1H3,(H,20,24)(H2,21,22,26). The molecular formula is C19H20N4O3S. The molecule has 3 N–H and O–H groups in total. The molecule has 0 atom stereocenters. The second-order valence-electron chi connectivity index (χ2n) is 6.79. The van der Waals surface area contributed by atoms with E-state index >= 15 is 0 Å². The molecule has 3 heterocycles. The van der Waals surface area contributed by atoms with E-state index in [2.05, 4.69) is 15.3 Å². The maximum atomic E-state index is 12.7. The van der Waals surface area contributed by atoms with E-state index in [9.17, 15) is 14.4 Å². The molecule has 7 nitrogen and oxygen atoms in total. The summed E-state index contributed by atoms with van der Waals surface area (Å²) in [5.74, 6) is -0.0997. The van der Waals surface area contributed by atoms with Gasteiger partial charge in [0.2, 0.25) is 0 Å². The molecule has 0 saturated carbocycles. The number of aryl methyl sites for hydroxylation is 1. The molecule has 1 aliphatic heterocycles. The average molecular weight is 384 g/mol. The zero-order valence-corrected chi connectivity index (χ0v) is 15.7. The van der Waals surface area contributed by atoms with Crippen LogP contribution in [-0.2, 0) is 0 Å². The number of aromatic amines is 2. The monoisotopic (exact) mass is 384 g/mol. The molecule has 0 unspecified atom stereocenters. The SMILES string of the molecule is Cc1ccc(C(=O)NC2CCN(C(=O)c3ccc4[nH]c(=O)[nH]c4c3)CC2)s1. The van der Waals surface area contributed by atoms with Crippen LogP contribution in [0.2, 0.25) is 0 Å². The lowest BCUT2D eigenvalue weighted by Crippen LogP contribution is -2.46. The number of carbonyl (C=O) groups excluding carboxylic acids is 2. The van der Waals surface area contributed by atoms with E-state index in [0.717, 1.165) is 22.6 Å². The minimum absolute atomic E-state index is 0.0419. The average Bonchev–Trinajstić information content (AvgIpc) is 3.25. The van der Waals surface area contributed by atoms with Crippen molar-refractivity contribution in [3.63, 3.8) is 0 Å². The Labute approximate surface area is 159 Å². The van der Waals surface area contributed by atoms with Crippen LogP contribution in [0.3, 0.4) is 0 Å². The molecule has 3 aromatic rings. The van der Waals surface area contributed by atoms with Gasteiger partial charge in [0, 0.05) is 29.6 Å². The fourth-order valence-corrected chi connectivity index (χ4v) is 4.16. The van der Waals surface area contributed by atoms with E-state index in [1.165, 1.54) is 11.3 Å². The van der Waals surface area contributed by atoms with Crippen molar-refractivity contribution in [3.8, 4) is 0 Å². The summed E-state index contributed by atoms with van der Waals surface area (Å²) in [6.45, 7) is 3.16. The van der Waals surface area contributed by atoms with Crippen molar-refractivity contribution < 1.29 is 9.59 Å². The molecular weight excluding hydrogens is 364 g/mol. The lowest BCUT2D eigenvalue weighted by molar-refractivity contribution is 0.0698. The van der Waals surface area contributed by atoms with Gasteiger partial charge in [0.25, 0.3) is 11.8 Å². The number of hydrogen-bond acceptors (Lipinski definition) is 4. The second-order valence-corrected chi connectivity index (χ2v) is 8.08. The zero-order valence-electron chi connectivity index (χ0n) is 14.9. The van der Waals surface area contributed by atoms with E-state index in [4.69, 9.17) is 0 Å². The number of rotatable bonds is 3. The molecule has 2 aromatic heterocycles. The van der Waals surface area contributed by atoms with Crippen molar-refractivity contribution in [1.29, 1.82) is 0 Å². The quantitative estimate of drug-likeness (QED) is 0.646. The fraction of sp³-hybridized carbons (Fsp3) is 0.316. The normalized spacial score (nSPS) is 15.2. The summed E-state index contributed by atoms with van der Waals surface area (Å²) >= 11 is 1.49. The van der Waals surface area contributed by atoms with Gasteiger partial charge in [0.05, 0.1) is 15.9 Å². The number of carbonyl (C=O) groups is 2. The molecule has 1 aliphatic rings. The fourth-order valence-electron chi connectivity index (χ4n) is 3.39. The second kappa shape index (κ2) is 7.03. The Bertz CT molecular complexity index is 1060. The Morgan fingerprint density at radius 2 is 1.85 bits per heavy atom. The van der Waals surface area contributed by atoms with Crippen LogP contribution in [0.1, 0.15) is 37.7 Å². The van der Waals surface area contributed by atoms with Gasteiger partial charge < -0.3 is 20.2 Å². The number of imidazole rings is 1. The Hall–Kier alpha value is -2.87. The number of amides is 2. The van der Waals surface area contributed by atoms with Gasteiger partial charge in [-0.25, -0.2) is 4.79 Å². The van der Waals surface area contributed by atoms with E-state index in [1.807, 2.05) is 19.1 Å². The van der Waals surface area contributed by atoms with Gasteiger partial charge in [-0.15, -0.1) is 11.3 Å². The third-order valence-electron chi connectivity index (χ3n) is 4.84. The summed E-state index contributed by atoms with van der Waals surface area (Å²) in [6, 6.07) is 9.01. The summed E-state index contributed by atoms with van der Waals surface area (Å²) in [4.78, 5) is 45.3. The highest BCUT2D eigenvalue weighted by Crippen LogP contribution is 2.19. The number of piperidine rings is 1. The van der Waals surface area contributed by atoms with Crippen molar-refractivity contribution >= 4 is 34.2 Å². The van der Waals surface area contributed by atoms with Crippen LogP contribution in [0.4, 0.5) is 0 Å². The molecule has 0 spiro atoms. The van der Waals surface area contributed by atoms with Gasteiger partial charge in [-0.05, 0) is 50.1 Å². The van der Waals surface area contributed by atoms with E-state index in [0.29, 0.717) is 29.7 Å². The van der Waals surface area contributed by atoms with Gasteiger partial charge in [-0.1, -0.05) is 0 Å². The zero-order chi connectivity index (χ0) is 19.0. The van der Waals surface area contributed by atoms with Gasteiger partial charge >= 0.3 is 5.69 Å². The van der Waals surface area contributed by atoms with Gasteiger partial charge in [0.15, 0.2) is 0 Å². The van der Waals surface area contributed by atoms with Crippen LogP contribution in [0.15, 0.2) is 35.1 Å². The molecule has 27 heavy (non-hydrogen) atoms. The van der Waals surface area contributed by atoms with E-state index in [1.54, 1.807) is 23.1 Å². The lowest BCUT2D eigenvalue weighted by Gasteiger charge is -2.32. The van der Waals surface area contributed by atoms with Crippen LogP contribution >= 0.6 is 11.3 Å². The highest BCUT2D eigenvalue weighted by Gasteiger charge is 2.25. The molecule has 1 fully saturated rings. The topological polar surface area (TPSA) is 98.1 Å². The minimum Gasteiger partial charge on any atom is -0.348 e. The van der Waals surface area contributed by atoms with Crippen molar-refractivity contribution in [2.75, 3.05) is 13.1 Å². The van der Waals surface area contributed by atoms with Crippen molar-refractivity contribution in [2.24, 2.45) is 0 Å². The minimum atomic E-state index is -0.285. The van der Waals surface area contributed by atoms with Crippen LogP contribution in [-0.4, -0.2) is 45.8 Å². The maximum Gasteiger partial charge on any atom is 0.323 e. The van der Waals surface area contributed by atoms with Crippen LogP contribution in [0, 0.1) is 6.92 Å². The number of fused-ring (bicyclic) bond motifs is 1. The molecule has 2 amide bonds. The number of nitrogens with one attached hydrogen (secondary N) is 3. The lowest BCUT2D eigenvalue weighted by atomic mass is 10.0. The van der Waals surface area contributed by atoms with Crippen LogP contribution < -0.4 is 11.0 Å².